The topological polar surface area (TPSA) is 41.9 Å². The molecule has 2 aliphatic rings. The lowest BCUT2D eigenvalue weighted by atomic mass is 9.85. The molecule has 4 heteroatoms. The van der Waals surface area contributed by atoms with E-state index in [0.717, 1.165) is 63.2 Å². The second kappa shape index (κ2) is 9.98. The van der Waals surface area contributed by atoms with Crippen LogP contribution >= 0.6 is 0 Å². The fourth-order valence-corrected chi connectivity index (χ4v) is 4.97. The van der Waals surface area contributed by atoms with Crippen LogP contribution in [0.4, 0.5) is 0 Å². The van der Waals surface area contributed by atoms with E-state index in [1.807, 2.05) is 42.5 Å². The van der Waals surface area contributed by atoms with Gasteiger partial charge in [-0.05, 0) is 60.6 Å². The molecular formula is C29H33NO3. The average molecular weight is 444 g/mol. The van der Waals surface area contributed by atoms with E-state index in [0.29, 0.717) is 6.61 Å². The predicted octanol–water partition coefficient (Wildman–Crippen LogP) is 5.03. The molecule has 3 aromatic carbocycles. The second-order valence-electron chi connectivity index (χ2n) is 9.51. The summed E-state index contributed by atoms with van der Waals surface area (Å²) in [7, 11) is 0. The van der Waals surface area contributed by atoms with Crippen LogP contribution in [0.15, 0.2) is 78.9 Å². The third-order valence-electron chi connectivity index (χ3n) is 6.93. The third-order valence-corrected chi connectivity index (χ3v) is 6.93. The molecule has 172 valence electrons. The van der Waals surface area contributed by atoms with Gasteiger partial charge in [0.25, 0.3) is 0 Å². The van der Waals surface area contributed by atoms with Crippen LogP contribution in [-0.4, -0.2) is 41.3 Å². The van der Waals surface area contributed by atoms with Crippen LogP contribution in [0, 0.1) is 0 Å². The Morgan fingerprint density at radius 2 is 1.61 bits per heavy atom. The van der Waals surface area contributed by atoms with E-state index >= 15 is 0 Å². The fourth-order valence-electron chi connectivity index (χ4n) is 4.97. The lowest BCUT2D eigenvalue weighted by Gasteiger charge is -2.40. The zero-order chi connectivity index (χ0) is 22.5. The van der Waals surface area contributed by atoms with E-state index in [9.17, 15) is 5.11 Å². The molecule has 0 aliphatic carbocycles. The number of nitrogens with zero attached hydrogens (tertiary/aromatic N) is 1. The minimum Gasteiger partial charge on any atom is -0.489 e. The third kappa shape index (κ3) is 5.76. The molecular weight excluding hydrogens is 410 g/mol. The van der Waals surface area contributed by atoms with E-state index < -0.39 is 5.60 Å². The van der Waals surface area contributed by atoms with Crippen molar-refractivity contribution in [3.05, 3.63) is 95.6 Å². The van der Waals surface area contributed by atoms with Crippen LogP contribution in [0.3, 0.4) is 0 Å². The van der Waals surface area contributed by atoms with Crippen molar-refractivity contribution < 1.29 is 14.6 Å². The zero-order valence-electron chi connectivity index (χ0n) is 19.2. The molecule has 0 saturated carbocycles. The van der Waals surface area contributed by atoms with Crippen molar-refractivity contribution in [1.29, 1.82) is 0 Å². The Kier molecular flexibility index (Phi) is 6.65. The molecule has 0 bridgehead atoms. The van der Waals surface area contributed by atoms with Gasteiger partial charge in [-0.3, -0.25) is 4.90 Å². The molecule has 5 rings (SSSR count). The first-order valence-electron chi connectivity index (χ1n) is 12.1. The van der Waals surface area contributed by atoms with Gasteiger partial charge >= 0.3 is 0 Å². The van der Waals surface area contributed by atoms with E-state index in [1.165, 1.54) is 16.7 Å². The van der Waals surface area contributed by atoms with Gasteiger partial charge in [-0.1, -0.05) is 60.7 Å². The van der Waals surface area contributed by atoms with Crippen molar-refractivity contribution in [3.63, 3.8) is 0 Å². The highest BCUT2D eigenvalue weighted by Gasteiger charge is 2.33. The highest BCUT2D eigenvalue weighted by Crippen LogP contribution is 2.32. The summed E-state index contributed by atoms with van der Waals surface area (Å²) < 4.78 is 12.3. The molecule has 0 radical (unpaired) electrons. The number of hydrogen-bond donors (Lipinski definition) is 1. The number of likely N-dealkylation sites (tertiary alicyclic amines) is 1. The Labute approximate surface area is 196 Å². The van der Waals surface area contributed by atoms with Crippen LogP contribution in [0.2, 0.25) is 0 Å². The smallest absolute Gasteiger partial charge is 0.123 e. The summed E-state index contributed by atoms with van der Waals surface area (Å²) >= 11 is 0. The van der Waals surface area contributed by atoms with Crippen molar-refractivity contribution in [2.24, 2.45) is 0 Å². The summed E-state index contributed by atoms with van der Waals surface area (Å²) in [4.78, 5) is 2.45. The van der Waals surface area contributed by atoms with Gasteiger partial charge in [0.05, 0.1) is 5.60 Å². The first kappa shape index (κ1) is 22.0. The van der Waals surface area contributed by atoms with Crippen molar-refractivity contribution in [2.75, 3.05) is 19.6 Å². The number of ether oxygens (including phenoxy) is 2. The molecule has 4 nitrogen and oxygen atoms in total. The minimum absolute atomic E-state index is 0.203. The quantitative estimate of drug-likeness (QED) is 0.556. The predicted molar refractivity (Wildman–Crippen MR) is 131 cm³/mol. The standard InChI is InChI=1S/C29H33NO3/c31-29(20-23-7-3-1-4-8-23)15-17-30(18-16-29)21-27-12-11-25-19-26(13-14-28(25)33-27)32-22-24-9-5-2-6-10-24/h1-10,13-14,19,27,31H,11-12,15-18,20-22H2. The maximum Gasteiger partial charge on any atom is 0.123 e. The molecule has 2 heterocycles. The lowest BCUT2D eigenvalue weighted by Crippen LogP contribution is -2.48. The maximum atomic E-state index is 11.1. The van der Waals surface area contributed by atoms with Crippen molar-refractivity contribution in [1.82, 2.24) is 4.90 Å². The number of aliphatic hydroxyl groups is 1. The van der Waals surface area contributed by atoms with Gasteiger partial charge < -0.3 is 14.6 Å². The summed E-state index contributed by atoms with van der Waals surface area (Å²) in [6.45, 7) is 3.34. The highest BCUT2D eigenvalue weighted by atomic mass is 16.5. The Morgan fingerprint density at radius 3 is 2.33 bits per heavy atom. The molecule has 1 saturated heterocycles. The van der Waals surface area contributed by atoms with Crippen LogP contribution in [0.5, 0.6) is 11.5 Å². The van der Waals surface area contributed by atoms with Crippen LogP contribution in [-0.2, 0) is 19.4 Å². The summed E-state index contributed by atoms with van der Waals surface area (Å²) in [5.41, 5.74) is 3.03. The number of hydrogen-bond acceptors (Lipinski definition) is 4. The Bertz CT molecular complexity index is 1030. The van der Waals surface area contributed by atoms with Gasteiger partial charge in [0.1, 0.15) is 24.2 Å². The molecule has 0 spiro atoms. The second-order valence-corrected chi connectivity index (χ2v) is 9.51. The molecule has 0 amide bonds. The molecule has 1 fully saturated rings. The van der Waals surface area contributed by atoms with Gasteiger partial charge in [0.2, 0.25) is 0 Å². The van der Waals surface area contributed by atoms with Gasteiger partial charge in [-0.15, -0.1) is 0 Å². The van der Waals surface area contributed by atoms with Crippen molar-refractivity contribution in [2.45, 2.75) is 50.4 Å². The Morgan fingerprint density at radius 1 is 0.909 bits per heavy atom. The van der Waals surface area contributed by atoms with E-state index in [-0.39, 0.29) is 6.10 Å². The first-order chi connectivity index (χ1) is 16.2. The molecule has 0 aromatic heterocycles. The number of fused-ring (bicyclic) bond motifs is 1. The normalized spacial score (nSPS) is 20.0. The minimum atomic E-state index is -0.589. The van der Waals surface area contributed by atoms with Crippen molar-refractivity contribution in [3.8, 4) is 11.5 Å². The lowest BCUT2D eigenvalue weighted by molar-refractivity contribution is -0.0286. The van der Waals surface area contributed by atoms with Gasteiger partial charge in [0, 0.05) is 26.1 Å². The van der Waals surface area contributed by atoms with Gasteiger partial charge in [-0.2, -0.15) is 0 Å². The van der Waals surface area contributed by atoms with Crippen molar-refractivity contribution >= 4 is 0 Å². The highest BCUT2D eigenvalue weighted by molar-refractivity contribution is 5.41. The summed E-state index contributed by atoms with van der Waals surface area (Å²) in [6, 6.07) is 26.8. The van der Waals surface area contributed by atoms with Crippen LogP contribution in [0.25, 0.3) is 0 Å². The first-order valence-corrected chi connectivity index (χ1v) is 12.1. The van der Waals surface area contributed by atoms with Crippen LogP contribution in [0.1, 0.15) is 36.0 Å². The molecule has 1 unspecified atom stereocenters. The largest absolute Gasteiger partial charge is 0.489 e. The fraction of sp³-hybridized carbons (Fsp3) is 0.379. The van der Waals surface area contributed by atoms with E-state index in [4.69, 9.17) is 9.47 Å². The van der Waals surface area contributed by atoms with Gasteiger partial charge in [0.15, 0.2) is 0 Å². The average Bonchev–Trinajstić information content (AvgIpc) is 2.85. The zero-order valence-corrected chi connectivity index (χ0v) is 19.2. The number of rotatable bonds is 7. The number of aryl methyl sites for hydroxylation is 1. The molecule has 2 aliphatic heterocycles. The maximum absolute atomic E-state index is 11.1. The number of benzene rings is 3. The molecule has 1 N–H and O–H groups in total. The molecule has 33 heavy (non-hydrogen) atoms. The SMILES string of the molecule is OC1(Cc2ccccc2)CCN(CC2CCc3cc(OCc4ccccc4)ccc3O2)CC1. The summed E-state index contributed by atoms with van der Waals surface area (Å²) in [6.07, 6.45) is 4.59. The van der Waals surface area contributed by atoms with E-state index in [1.54, 1.807) is 0 Å². The van der Waals surface area contributed by atoms with Crippen LogP contribution < -0.4 is 9.47 Å². The van der Waals surface area contributed by atoms with Gasteiger partial charge in [-0.25, -0.2) is 0 Å². The monoisotopic (exact) mass is 443 g/mol. The Hall–Kier alpha value is -2.82. The number of piperidine rings is 1. The molecule has 3 aromatic rings. The van der Waals surface area contributed by atoms with E-state index in [2.05, 4.69) is 41.3 Å². The summed E-state index contributed by atoms with van der Waals surface area (Å²) in [5.74, 6) is 1.88. The Balaban J connectivity index is 1.11. The summed E-state index contributed by atoms with van der Waals surface area (Å²) in [5, 5.41) is 11.1. The molecule has 1 atom stereocenters.